The molecule has 0 aromatic carbocycles. The summed E-state index contributed by atoms with van der Waals surface area (Å²) in [5.41, 5.74) is 5.51. The lowest BCUT2D eigenvalue weighted by atomic mass is 9.96. The number of nitrogen functional groups attached to an aromatic ring is 1. The van der Waals surface area contributed by atoms with Gasteiger partial charge in [0.05, 0.1) is 12.4 Å². The minimum Gasteiger partial charge on any atom is -0.388 e. The molecule has 3 heterocycles. The summed E-state index contributed by atoms with van der Waals surface area (Å²) in [5, 5.41) is 13.4. The first kappa shape index (κ1) is 16.4. The minimum atomic E-state index is -0.887. The van der Waals surface area contributed by atoms with Gasteiger partial charge in [0.2, 0.25) is 11.9 Å². The largest absolute Gasteiger partial charge is 0.388 e. The quantitative estimate of drug-likeness (QED) is 0.566. The predicted molar refractivity (Wildman–Crippen MR) is 84.9 cm³/mol. The fourth-order valence-corrected chi connectivity index (χ4v) is 3.06. The minimum absolute atomic E-state index is 0.0384. The second kappa shape index (κ2) is 6.21. The van der Waals surface area contributed by atoms with E-state index in [0.717, 1.165) is 0 Å². The lowest BCUT2D eigenvalue weighted by Gasteiger charge is -2.19. The van der Waals surface area contributed by atoms with E-state index in [4.69, 9.17) is 10.5 Å². The molecule has 2 aromatic rings. The zero-order valence-electron chi connectivity index (χ0n) is 13.4. The van der Waals surface area contributed by atoms with Crippen molar-refractivity contribution in [3.05, 3.63) is 16.7 Å². The van der Waals surface area contributed by atoms with Gasteiger partial charge in [0, 0.05) is 19.4 Å². The number of anilines is 1. The molecule has 0 spiro atoms. The highest BCUT2D eigenvalue weighted by molar-refractivity contribution is 5.72. The number of aromatic nitrogens is 4. The van der Waals surface area contributed by atoms with Gasteiger partial charge in [-0.15, -0.1) is 0 Å². The van der Waals surface area contributed by atoms with Gasteiger partial charge >= 0.3 is 0 Å². The van der Waals surface area contributed by atoms with Gasteiger partial charge < -0.3 is 20.9 Å². The van der Waals surface area contributed by atoms with Crippen molar-refractivity contribution in [1.29, 1.82) is 0 Å². The molecule has 0 radical (unpaired) electrons. The van der Waals surface area contributed by atoms with Gasteiger partial charge in [-0.25, -0.2) is 4.98 Å². The van der Waals surface area contributed by atoms with Crippen LogP contribution in [0, 0.1) is 5.92 Å². The molecule has 1 amide bonds. The summed E-state index contributed by atoms with van der Waals surface area (Å²) in [6.45, 7) is 3.66. The van der Waals surface area contributed by atoms with E-state index in [-0.39, 0.29) is 35.0 Å². The van der Waals surface area contributed by atoms with Gasteiger partial charge in [0.1, 0.15) is 6.10 Å². The summed E-state index contributed by atoms with van der Waals surface area (Å²) in [6.07, 6.45) is 0.177. The fourth-order valence-electron chi connectivity index (χ4n) is 3.06. The maximum atomic E-state index is 11.9. The highest BCUT2D eigenvalue weighted by Crippen LogP contribution is 2.36. The molecular formula is C14H20N6O4. The number of amides is 1. The van der Waals surface area contributed by atoms with E-state index in [9.17, 15) is 14.7 Å². The summed E-state index contributed by atoms with van der Waals surface area (Å²) in [5.74, 6) is -0.487. The first-order valence-corrected chi connectivity index (χ1v) is 7.72. The van der Waals surface area contributed by atoms with E-state index in [1.807, 2.05) is 6.92 Å². The molecule has 1 saturated heterocycles. The van der Waals surface area contributed by atoms with Crippen LogP contribution in [0.4, 0.5) is 5.95 Å². The van der Waals surface area contributed by atoms with E-state index < -0.39 is 17.9 Å². The monoisotopic (exact) mass is 336 g/mol. The van der Waals surface area contributed by atoms with Crippen LogP contribution in [0.3, 0.4) is 0 Å². The average molecular weight is 336 g/mol. The fraction of sp³-hybridized carbons (Fsp3) is 0.571. The number of aromatic amines is 1. The molecule has 24 heavy (non-hydrogen) atoms. The van der Waals surface area contributed by atoms with Crippen LogP contribution in [0.5, 0.6) is 0 Å². The number of ether oxygens (including phenoxy) is 1. The van der Waals surface area contributed by atoms with Crippen molar-refractivity contribution >= 4 is 23.0 Å². The number of carbonyl (C=O) groups excluding carboxylic acids is 1. The van der Waals surface area contributed by atoms with Crippen molar-refractivity contribution in [3.8, 4) is 0 Å². The van der Waals surface area contributed by atoms with E-state index in [2.05, 4.69) is 20.3 Å². The van der Waals surface area contributed by atoms with Crippen LogP contribution in [-0.4, -0.2) is 49.3 Å². The topological polar surface area (TPSA) is 148 Å². The van der Waals surface area contributed by atoms with Crippen molar-refractivity contribution in [3.63, 3.8) is 0 Å². The third-order valence-corrected chi connectivity index (χ3v) is 4.24. The van der Waals surface area contributed by atoms with Crippen LogP contribution < -0.4 is 16.6 Å². The summed E-state index contributed by atoms with van der Waals surface area (Å²) in [7, 11) is 0. The molecule has 2 aromatic heterocycles. The van der Waals surface area contributed by atoms with Gasteiger partial charge in [0.25, 0.3) is 5.56 Å². The van der Waals surface area contributed by atoms with Gasteiger partial charge in [-0.05, 0) is 6.42 Å². The number of nitrogens with one attached hydrogen (secondary N) is 2. The predicted octanol–water partition coefficient (Wildman–Crippen LogP) is -0.878. The molecule has 0 unspecified atom stereocenters. The van der Waals surface area contributed by atoms with Crippen LogP contribution in [0.2, 0.25) is 0 Å². The molecule has 5 N–H and O–H groups in total. The second-order valence-corrected chi connectivity index (χ2v) is 5.84. The maximum Gasteiger partial charge on any atom is 0.280 e. The molecule has 1 aliphatic rings. The molecule has 0 bridgehead atoms. The molecule has 0 aliphatic carbocycles. The standard InChI is InChI=1S/C14H20N6O4/c1-3-8-7(4-16-6(2)21)10(22)13(24-8)20-5-17-9-11(20)18-14(15)19-12(9)23/h5,7-8,10,13,22H,3-4H2,1-2H3,(H,16,21)(H3,15,18,19,23)/t7-,8-,10-,13-/m1/s1. The average Bonchev–Trinajstić information content (AvgIpc) is 3.06. The Hall–Kier alpha value is -2.46. The van der Waals surface area contributed by atoms with Crippen LogP contribution in [0.15, 0.2) is 11.1 Å². The maximum absolute atomic E-state index is 11.9. The number of H-pyrrole nitrogens is 1. The van der Waals surface area contributed by atoms with Gasteiger partial charge in [-0.2, -0.15) is 4.98 Å². The third-order valence-electron chi connectivity index (χ3n) is 4.24. The Morgan fingerprint density at radius 2 is 2.33 bits per heavy atom. The van der Waals surface area contributed by atoms with Crippen molar-refractivity contribution in [1.82, 2.24) is 24.8 Å². The highest BCUT2D eigenvalue weighted by Gasteiger charge is 2.44. The summed E-state index contributed by atoms with van der Waals surface area (Å²) in [4.78, 5) is 33.5. The molecule has 4 atom stereocenters. The van der Waals surface area contributed by atoms with Crippen molar-refractivity contribution < 1.29 is 14.6 Å². The van der Waals surface area contributed by atoms with Crippen LogP contribution in [0.25, 0.3) is 11.2 Å². The number of carbonyl (C=O) groups is 1. The first-order valence-electron chi connectivity index (χ1n) is 7.72. The zero-order valence-corrected chi connectivity index (χ0v) is 13.4. The summed E-state index contributed by atoms with van der Waals surface area (Å²) >= 11 is 0. The SMILES string of the molecule is CC[C@H]1O[C@@H](n2cnc3c(=O)[nH]c(N)nc32)[C@H](O)[C@@H]1CNC(C)=O. The van der Waals surface area contributed by atoms with Crippen LogP contribution in [0.1, 0.15) is 26.5 Å². The summed E-state index contributed by atoms with van der Waals surface area (Å²) < 4.78 is 7.43. The van der Waals surface area contributed by atoms with Gasteiger partial charge in [0.15, 0.2) is 17.4 Å². The smallest absolute Gasteiger partial charge is 0.280 e. The van der Waals surface area contributed by atoms with E-state index in [1.54, 1.807) is 0 Å². The summed E-state index contributed by atoms with van der Waals surface area (Å²) in [6, 6.07) is 0. The van der Waals surface area contributed by atoms with E-state index >= 15 is 0 Å². The highest BCUT2D eigenvalue weighted by atomic mass is 16.5. The molecule has 1 fully saturated rings. The molecule has 3 rings (SSSR count). The molecule has 130 valence electrons. The van der Waals surface area contributed by atoms with E-state index in [1.165, 1.54) is 17.8 Å². The Labute approximate surface area is 137 Å². The Bertz CT molecular complexity index is 815. The number of nitrogens with zero attached hydrogens (tertiary/aromatic N) is 3. The van der Waals surface area contributed by atoms with Gasteiger partial charge in [-0.3, -0.25) is 19.1 Å². The van der Waals surface area contributed by atoms with Gasteiger partial charge in [-0.1, -0.05) is 6.92 Å². The number of fused-ring (bicyclic) bond motifs is 1. The molecule has 10 heteroatoms. The van der Waals surface area contributed by atoms with Crippen LogP contribution in [-0.2, 0) is 9.53 Å². The molecule has 0 saturated carbocycles. The Morgan fingerprint density at radius 3 is 3.00 bits per heavy atom. The second-order valence-electron chi connectivity index (χ2n) is 5.84. The number of imidazole rings is 1. The first-order chi connectivity index (χ1) is 11.4. The number of hydrogen-bond acceptors (Lipinski definition) is 7. The number of aliphatic hydroxyl groups excluding tert-OH is 1. The number of hydrogen-bond donors (Lipinski definition) is 4. The Balaban J connectivity index is 1.95. The van der Waals surface area contributed by atoms with Crippen molar-refractivity contribution in [2.24, 2.45) is 5.92 Å². The normalized spacial score (nSPS) is 26.8. The third kappa shape index (κ3) is 2.74. The van der Waals surface area contributed by atoms with Crippen molar-refractivity contribution in [2.75, 3.05) is 12.3 Å². The number of aliphatic hydroxyl groups is 1. The van der Waals surface area contributed by atoms with E-state index in [0.29, 0.717) is 13.0 Å². The molecule has 1 aliphatic heterocycles. The van der Waals surface area contributed by atoms with Crippen LogP contribution >= 0.6 is 0 Å². The number of rotatable bonds is 4. The van der Waals surface area contributed by atoms with Crippen molar-refractivity contribution in [2.45, 2.75) is 38.7 Å². The lowest BCUT2D eigenvalue weighted by Crippen LogP contribution is -2.37. The lowest BCUT2D eigenvalue weighted by molar-refractivity contribution is -0.119. The molecule has 10 nitrogen and oxygen atoms in total. The molecular weight excluding hydrogens is 316 g/mol. The Morgan fingerprint density at radius 1 is 1.58 bits per heavy atom. The Kier molecular flexibility index (Phi) is 4.24. The number of nitrogens with two attached hydrogens (primary N) is 1. The zero-order chi connectivity index (χ0) is 17.4.